The Bertz CT molecular complexity index is 1400. The molecule has 4 rings (SSSR count). The second-order valence-electron chi connectivity index (χ2n) is 7.38. The molecule has 2 aromatic carbocycles. The Balaban J connectivity index is 1.69. The zero-order chi connectivity index (χ0) is 24.3. The van der Waals surface area contributed by atoms with Gasteiger partial charge in [-0.25, -0.2) is 25.6 Å². The van der Waals surface area contributed by atoms with E-state index in [1.807, 2.05) is 0 Å². The smallest absolute Gasteiger partial charge is 0.269 e. The lowest BCUT2D eigenvalue weighted by Crippen LogP contribution is -2.14. The van der Waals surface area contributed by atoms with E-state index in [-0.39, 0.29) is 27.5 Å². The summed E-state index contributed by atoms with van der Waals surface area (Å²) in [6, 6.07) is 11.7. The van der Waals surface area contributed by atoms with Gasteiger partial charge in [0.25, 0.3) is 10.0 Å². The summed E-state index contributed by atoms with van der Waals surface area (Å²) < 4.78 is 75.6. The number of halogens is 3. The average molecular weight is 488 g/mol. The summed E-state index contributed by atoms with van der Waals surface area (Å²) in [4.78, 5) is 3.81. The second-order valence-corrected chi connectivity index (χ2v) is 9.20. The van der Waals surface area contributed by atoms with Crippen LogP contribution in [0.25, 0.3) is 11.3 Å². The Morgan fingerprint density at radius 1 is 1.00 bits per heavy atom. The minimum absolute atomic E-state index is 0.0132. The van der Waals surface area contributed by atoms with Crippen molar-refractivity contribution in [3.63, 3.8) is 0 Å². The molecule has 0 amide bonds. The Morgan fingerprint density at radius 3 is 2.41 bits per heavy atom. The molecule has 4 aromatic rings. The molecular formula is C24H20F3N3O3S. The van der Waals surface area contributed by atoms with Crippen LogP contribution < -0.4 is 10.1 Å². The molecule has 0 atom stereocenters. The van der Waals surface area contributed by atoms with E-state index in [0.717, 1.165) is 22.2 Å². The lowest BCUT2D eigenvalue weighted by Gasteiger charge is -2.12. The Labute approximate surface area is 194 Å². The van der Waals surface area contributed by atoms with Gasteiger partial charge in [0, 0.05) is 36.8 Å². The van der Waals surface area contributed by atoms with Crippen LogP contribution in [-0.2, 0) is 23.2 Å². The van der Waals surface area contributed by atoms with Gasteiger partial charge in [-0.1, -0.05) is 6.07 Å². The van der Waals surface area contributed by atoms with Gasteiger partial charge in [0.2, 0.25) is 0 Å². The summed E-state index contributed by atoms with van der Waals surface area (Å²) in [7, 11) is -2.35. The molecule has 0 saturated heterocycles. The van der Waals surface area contributed by atoms with E-state index in [4.69, 9.17) is 4.74 Å². The molecule has 6 nitrogen and oxygen atoms in total. The Morgan fingerprint density at radius 2 is 1.76 bits per heavy atom. The van der Waals surface area contributed by atoms with Crippen molar-refractivity contribution in [3.8, 4) is 17.0 Å². The molecule has 0 fully saturated rings. The molecule has 0 bridgehead atoms. The molecule has 2 aromatic heterocycles. The van der Waals surface area contributed by atoms with Crippen LogP contribution >= 0.6 is 0 Å². The van der Waals surface area contributed by atoms with E-state index in [2.05, 4.69) is 10.3 Å². The molecule has 176 valence electrons. The predicted molar refractivity (Wildman–Crippen MR) is 120 cm³/mol. The minimum atomic E-state index is -4.05. The average Bonchev–Trinajstić information content (AvgIpc) is 3.24. The molecule has 34 heavy (non-hydrogen) atoms. The topological polar surface area (TPSA) is 73.2 Å². The standard InChI is InChI=1S/C24H20F3N3O3S/c1-28-12-16-10-24(30(14-16)34(31,32)18-4-3-9-29-13-18)19-8-7-17(11-23(19)27)33-15-20-21(25)5-2-6-22(20)26/h2-11,13-14,28H,12,15H2,1H3. The van der Waals surface area contributed by atoms with Crippen molar-refractivity contribution in [2.24, 2.45) is 0 Å². The molecule has 1 N–H and O–H groups in total. The van der Waals surface area contributed by atoms with Gasteiger partial charge in [-0.15, -0.1) is 0 Å². The molecule has 0 radical (unpaired) electrons. The number of pyridine rings is 1. The van der Waals surface area contributed by atoms with E-state index in [9.17, 15) is 17.2 Å². The maximum absolute atomic E-state index is 15.1. The van der Waals surface area contributed by atoms with Crippen LogP contribution in [-0.4, -0.2) is 24.4 Å². The van der Waals surface area contributed by atoms with Crippen molar-refractivity contribution >= 4 is 10.0 Å². The van der Waals surface area contributed by atoms with Gasteiger partial charge in [0.1, 0.15) is 34.7 Å². The maximum Gasteiger partial charge on any atom is 0.269 e. The fraction of sp³-hybridized carbons (Fsp3) is 0.125. The summed E-state index contributed by atoms with van der Waals surface area (Å²) in [6.07, 6.45) is 4.08. The third kappa shape index (κ3) is 4.68. The summed E-state index contributed by atoms with van der Waals surface area (Å²) >= 11 is 0. The first-order chi connectivity index (χ1) is 16.3. The molecule has 0 spiro atoms. The number of rotatable bonds is 8. The van der Waals surface area contributed by atoms with Crippen molar-refractivity contribution in [1.82, 2.24) is 14.3 Å². The number of benzene rings is 2. The molecule has 0 aliphatic carbocycles. The van der Waals surface area contributed by atoms with Crippen LogP contribution in [0.2, 0.25) is 0 Å². The monoisotopic (exact) mass is 487 g/mol. The summed E-state index contributed by atoms with van der Waals surface area (Å²) in [6.45, 7) is -0.0745. The van der Waals surface area contributed by atoms with E-state index in [1.54, 1.807) is 13.1 Å². The largest absolute Gasteiger partial charge is 0.489 e. The van der Waals surface area contributed by atoms with Gasteiger partial charge in [0.05, 0.1) is 11.3 Å². The summed E-state index contributed by atoms with van der Waals surface area (Å²) in [5.74, 6) is -2.27. The van der Waals surface area contributed by atoms with Crippen LogP contribution in [0.15, 0.2) is 78.1 Å². The molecule has 0 aliphatic rings. The number of nitrogens with zero attached hydrogens (tertiary/aromatic N) is 2. The Kier molecular flexibility index (Phi) is 6.71. The lowest BCUT2D eigenvalue weighted by molar-refractivity contribution is 0.291. The molecule has 0 unspecified atom stereocenters. The third-order valence-corrected chi connectivity index (χ3v) is 6.73. The molecular weight excluding hydrogens is 467 g/mol. The number of ether oxygens (including phenoxy) is 1. The zero-order valence-corrected chi connectivity index (χ0v) is 18.8. The van der Waals surface area contributed by atoms with Crippen LogP contribution in [0.3, 0.4) is 0 Å². The lowest BCUT2D eigenvalue weighted by atomic mass is 10.1. The van der Waals surface area contributed by atoms with Crippen molar-refractivity contribution in [2.45, 2.75) is 18.0 Å². The van der Waals surface area contributed by atoms with Gasteiger partial charge in [-0.05, 0) is 55.1 Å². The van der Waals surface area contributed by atoms with E-state index in [1.165, 1.54) is 48.9 Å². The van der Waals surface area contributed by atoms with Gasteiger partial charge >= 0.3 is 0 Å². The van der Waals surface area contributed by atoms with E-state index >= 15 is 4.39 Å². The first-order valence-electron chi connectivity index (χ1n) is 10.2. The molecule has 10 heteroatoms. The highest BCUT2D eigenvalue weighted by molar-refractivity contribution is 7.90. The maximum atomic E-state index is 15.1. The summed E-state index contributed by atoms with van der Waals surface area (Å²) in [5, 5.41) is 2.94. The quantitative estimate of drug-likeness (QED) is 0.396. The number of hydrogen-bond acceptors (Lipinski definition) is 5. The highest BCUT2D eigenvalue weighted by Crippen LogP contribution is 2.31. The van der Waals surface area contributed by atoms with Crippen molar-refractivity contribution in [1.29, 1.82) is 0 Å². The fourth-order valence-electron chi connectivity index (χ4n) is 3.43. The highest BCUT2D eigenvalue weighted by atomic mass is 32.2. The third-order valence-electron chi connectivity index (χ3n) is 5.08. The first-order valence-corrected chi connectivity index (χ1v) is 11.6. The predicted octanol–water partition coefficient (Wildman–Crippen LogP) is 4.50. The Hall–Kier alpha value is -3.63. The van der Waals surface area contributed by atoms with Crippen LogP contribution in [0, 0.1) is 17.5 Å². The molecule has 0 saturated carbocycles. The van der Waals surface area contributed by atoms with Crippen molar-refractivity contribution < 1.29 is 26.3 Å². The minimum Gasteiger partial charge on any atom is -0.489 e. The van der Waals surface area contributed by atoms with Gasteiger partial charge in [-0.2, -0.15) is 0 Å². The van der Waals surface area contributed by atoms with Crippen LogP contribution in [0.1, 0.15) is 11.1 Å². The van der Waals surface area contributed by atoms with Gasteiger partial charge in [0.15, 0.2) is 0 Å². The van der Waals surface area contributed by atoms with Crippen LogP contribution in [0.5, 0.6) is 5.75 Å². The normalized spacial score (nSPS) is 11.5. The van der Waals surface area contributed by atoms with E-state index < -0.39 is 34.1 Å². The van der Waals surface area contributed by atoms with E-state index in [0.29, 0.717) is 12.1 Å². The zero-order valence-electron chi connectivity index (χ0n) is 18.0. The second kappa shape index (κ2) is 9.70. The fourth-order valence-corrected chi connectivity index (χ4v) is 4.78. The number of hydrogen-bond donors (Lipinski definition) is 1. The molecule has 0 aliphatic heterocycles. The molecule has 2 heterocycles. The van der Waals surface area contributed by atoms with Crippen molar-refractivity contribution in [2.75, 3.05) is 7.05 Å². The van der Waals surface area contributed by atoms with Crippen molar-refractivity contribution in [3.05, 3.63) is 102 Å². The number of nitrogens with one attached hydrogen (secondary N) is 1. The summed E-state index contributed by atoms with van der Waals surface area (Å²) in [5.41, 5.74) is 0.470. The SMILES string of the molecule is CNCc1cc(-c2ccc(OCc3c(F)cccc3F)cc2F)n(S(=O)(=O)c2cccnc2)c1. The van der Waals surface area contributed by atoms with Crippen LogP contribution in [0.4, 0.5) is 13.2 Å². The van der Waals surface area contributed by atoms with Gasteiger partial charge < -0.3 is 10.1 Å². The highest BCUT2D eigenvalue weighted by Gasteiger charge is 2.23. The number of aromatic nitrogens is 2. The first kappa shape index (κ1) is 23.5. The van der Waals surface area contributed by atoms with Gasteiger partial charge in [-0.3, -0.25) is 4.98 Å².